The minimum atomic E-state index is -4.81. The van der Waals surface area contributed by atoms with E-state index in [1.807, 2.05) is 6.92 Å². The van der Waals surface area contributed by atoms with Crippen LogP contribution in [0.3, 0.4) is 0 Å². The lowest BCUT2D eigenvalue weighted by Crippen LogP contribution is -2.02. The van der Waals surface area contributed by atoms with Crippen molar-refractivity contribution in [2.24, 2.45) is 20.5 Å². The summed E-state index contributed by atoms with van der Waals surface area (Å²) in [6, 6.07) is 13.6. The van der Waals surface area contributed by atoms with Crippen molar-refractivity contribution >= 4 is 55.3 Å². The topological polar surface area (TPSA) is 197 Å². The van der Waals surface area contributed by atoms with Crippen molar-refractivity contribution in [3.05, 3.63) is 71.3 Å². The fourth-order valence-electron chi connectivity index (χ4n) is 3.92. The van der Waals surface area contributed by atoms with Gasteiger partial charge in [0, 0.05) is 0 Å². The van der Waals surface area contributed by atoms with Gasteiger partial charge < -0.3 is 20.7 Å². The maximum Gasteiger partial charge on any atom is 0.337 e. The molecule has 0 aliphatic heterocycles. The average Bonchev–Trinajstić information content (AvgIpc) is 2.87. The van der Waals surface area contributed by atoms with E-state index in [0.29, 0.717) is 11.3 Å². The number of nitrogen functional groups attached to an aromatic ring is 1. The zero-order valence-corrected chi connectivity index (χ0v) is 21.8. The molecule has 0 spiro atoms. The lowest BCUT2D eigenvalue weighted by atomic mass is 10.0. The number of phenolic OH excluding ortho intramolecular Hbond substituents is 1. The lowest BCUT2D eigenvalue weighted by Gasteiger charge is -2.14. The Morgan fingerprint density at radius 3 is 2.26 bits per heavy atom. The number of carboxylic acids is 1. The Morgan fingerprint density at radius 2 is 1.59 bits per heavy atom. The quantitative estimate of drug-likeness (QED) is 0.113. The smallest absolute Gasteiger partial charge is 0.337 e. The first-order chi connectivity index (χ1) is 18.4. The van der Waals surface area contributed by atoms with Gasteiger partial charge in [0.1, 0.15) is 33.4 Å². The molecule has 0 saturated heterocycles. The number of carboxylic acid groups (broad SMARTS) is 1. The summed E-state index contributed by atoms with van der Waals surface area (Å²) in [4.78, 5) is 10.9. The summed E-state index contributed by atoms with van der Waals surface area (Å²) in [6.45, 7) is 3.43. The van der Waals surface area contributed by atoms with Crippen LogP contribution in [0.5, 0.6) is 11.5 Å². The van der Waals surface area contributed by atoms with E-state index in [4.69, 9.17) is 10.5 Å². The Labute approximate surface area is 222 Å². The van der Waals surface area contributed by atoms with Crippen LogP contribution in [-0.4, -0.2) is 36.3 Å². The van der Waals surface area contributed by atoms with E-state index in [0.717, 1.165) is 11.6 Å². The number of rotatable bonds is 7. The van der Waals surface area contributed by atoms with Crippen LogP contribution < -0.4 is 10.5 Å². The maximum absolute atomic E-state index is 12.2. The van der Waals surface area contributed by atoms with Crippen LogP contribution in [0.4, 0.5) is 28.4 Å². The minimum absolute atomic E-state index is 0.0155. The standard InChI is InChI=1S/C26H23N5O7S/c1-13-8-9-18(19(10-13)38-3)29-31-24-20(39(35,36)37)12-15-11-14(2)23(25(32)21(15)22(24)27)30-28-17-7-5-4-6-16(17)26(33)34/h4-12,32H,27H2,1-3H3,(H,33,34)(H,35,36,37). The van der Waals surface area contributed by atoms with Crippen molar-refractivity contribution in [2.45, 2.75) is 18.7 Å². The van der Waals surface area contributed by atoms with Gasteiger partial charge in [-0.3, -0.25) is 4.55 Å². The number of azo groups is 2. The second kappa shape index (κ2) is 10.5. The SMILES string of the molecule is COc1cc(C)ccc1N=Nc1c(S(=O)(=O)O)cc2cc(C)c(N=Nc3ccccc3C(=O)O)c(O)c2c1N. The summed E-state index contributed by atoms with van der Waals surface area (Å²) >= 11 is 0. The fraction of sp³-hybridized carbons (Fsp3) is 0.115. The van der Waals surface area contributed by atoms with Gasteiger partial charge in [0.05, 0.1) is 23.7 Å². The van der Waals surface area contributed by atoms with Crippen LogP contribution in [0.1, 0.15) is 21.5 Å². The highest BCUT2D eigenvalue weighted by molar-refractivity contribution is 7.86. The number of anilines is 1. The average molecular weight is 550 g/mol. The molecule has 4 rings (SSSR count). The van der Waals surface area contributed by atoms with Crippen LogP contribution in [0.15, 0.2) is 79.9 Å². The van der Waals surface area contributed by atoms with E-state index >= 15 is 0 Å². The van der Waals surface area contributed by atoms with Crippen molar-refractivity contribution in [1.82, 2.24) is 0 Å². The Kier molecular flexibility index (Phi) is 7.29. The molecule has 0 atom stereocenters. The zero-order chi connectivity index (χ0) is 28.5. The van der Waals surface area contributed by atoms with Gasteiger partial charge in [-0.05, 0) is 66.8 Å². The predicted molar refractivity (Wildman–Crippen MR) is 144 cm³/mol. The summed E-state index contributed by atoms with van der Waals surface area (Å²) in [5.41, 5.74) is 7.05. The third-order valence-corrected chi connectivity index (χ3v) is 6.67. The predicted octanol–water partition coefficient (Wildman–Crippen LogP) is 6.53. The van der Waals surface area contributed by atoms with Gasteiger partial charge in [-0.1, -0.05) is 18.2 Å². The van der Waals surface area contributed by atoms with Crippen molar-refractivity contribution in [1.29, 1.82) is 0 Å². The first-order valence-electron chi connectivity index (χ1n) is 11.3. The number of phenols is 1. The molecule has 4 aromatic carbocycles. The van der Waals surface area contributed by atoms with Crippen LogP contribution in [0.2, 0.25) is 0 Å². The summed E-state index contributed by atoms with van der Waals surface area (Å²) in [5, 5.41) is 36.8. The third kappa shape index (κ3) is 5.39. The molecule has 0 amide bonds. The monoisotopic (exact) mass is 549 g/mol. The molecule has 0 saturated carbocycles. The van der Waals surface area contributed by atoms with Crippen molar-refractivity contribution < 1.29 is 32.7 Å². The van der Waals surface area contributed by atoms with Crippen molar-refractivity contribution in [3.8, 4) is 11.5 Å². The van der Waals surface area contributed by atoms with Crippen molar-refractivity contribution in [2.75, 3.05) is 12.8 Å². The van der Waals surface area contributed by atoms with E-state index in [1.165, 1.54) is 31.4 Å². The maximum atomic E-state index is 12.2. The van der Waals surface area contributed by atoms with E-state index in [1.54, 1.807) is 31.2 Å². The van der Waals surface area contributed by atoms with Crippen LogP contribution in [0, 0.1) is 13.8 Å². The molecule has 13 heteroatoms. The number of benzene rings is 4. The Hall–Kier alpha value is -4.88. The molecule has 5 N–H and O–H groups in total. The molecule has 0 aliphatic carbocycles. The Bertz CT molecular complexity index is 1800. The molecular formula is C26H23N5O7S. The summed E-state index contributed by atoms with van der Waals surface area (Å²) < 4.78 is 39.7. The number of fused-ring (bicyclic) bond motifs is 1. The lowest BCUT2D eigenvalue weighted by molar-refractivity contribution is 0.0697. The normalized spacial score (nSPS) is 12.0. The number of ether oxygens (including phenoxy) is 1. The molecule has 0 fully saturated rings. The molecule has 0 aromatic heterocycles. The number of methoxy groups -OCH3 is 1. The first kappa shape index (κ1) is 27.2. The largest absolute Gasteiger partial charge is 0.505 e. The molecule has 0 aliphatic rings. The zero-order valence-electron chi connectivity index (χ0n) is 20.9. The summed E-state index contributed by atoms with van der Waals surface area (Å²) in [5.74, 6) is -1.29. The van der Waals surface area contributed by atoms with Crippen LogP contribution in [-0.2, 0) is 10.1 Å². The molecular weight excluding hydrogens is 526 g/mol. The van der Waals surface area contributed by atoms with E-state index in [-0.39, 0.29) is 39.1 Å². The second-order valence-electron chi connectivity index (χ2n) is 8.50. The van der Waals surface area contributed by atoms with Gasteiger partial charge in [0.2, 0.25) is 0 Å². The van der Waals surface area contributed by atoms with Crippen LogP contribution in [0.25, 0.3) is 10.8 Å². The van der Waals surface area contributed by atoms with Crippen LogP contribution >= 0.6 is 0 Å². The van der Waals surface area contributed by atoms with E-state index < -0.39 is 32.4 Å². The third-order valence-electron chi connectivity index (χ3n) is 5.80. The van der Waals surface area contributed by atoms with Gasteiger partial charge in [-0.15, -0.1) is 20.5 Å². The van der Waals surface area contributed by atoms with Gasteiger partial charge >= 0.3 is 5.97 Å². The second-order valence-corrected chi connectivity index (χ2v) is 9.89. The minimum Gasteiger partial charge on any atom is -0.505 e. The number of aryl methyl sites for hydroxylation is 2. The molecule has 12 nitrogen and oxygen atoms in total. The fourth-order valence-corrected chi connectivity index (χ4v) is 4.59. The number of hydrogen-bond acceptors (Lipinski definition) is 10. The van der Waals surface area contributed by atoms with Gasteiger partial charge in [-0.25, -0.2) is 4.79 Å². The number of aromatic hydroxyl groups is 1. The molecule has 4 aromatic rings. The summed E-state index contributed by atoms with van der Waals surface area (Å²) in [7, 11) is -3.38. The number of aromatic carboxylic acids is 1. The number of hydrogen-bond donors (Lipinski definition) is 4. The van der Waals surface area contributed by atoms with E-state index in [2.05, 4.69) is 20.5 Å². The molecule has 39 heavy (non-hydrogen) atoms. The summed E-state index contributed by atoms with van der Waals surface area (Å²) in [6.07, 6.45) is 0. The first-order valence-corrected chi connectivity index (χ1v) is 12.7. The highest BCUT2D eigenvalue weighted by atomic mass is 32.2. The van der Waals surface area contributed by atoms with Gasteiger partial charge in [-0.2, -0.15) is 8.42 Å². The molecule has 0 heterocycles. The van der Waals surface area contributed by atoms with Crippen molar-refractivity contribution in [3.63, 3.8) is 0 Å². The number of nitrogens with two attached hydrogens (primary N) is 1. The van der Waals surface area contributed by atoms with Gasteiger partial charge in [0.15, 0.2) is 5.75 Å². The number of carbonyl (C=O) groups is 1. The Morgan fingerprint density at radius 1 is 0.923 bits per heavy atom. The van der Waals surface area contributed by atoms with E-state index in [9.17, 15) is 28.0 Å². The highest BCUT2D eigenvalue weighted by Crippen LogP contribution is 2.47. The Balaban J connectivity index is 1.93. The molecule has 200 valence electrons. The highest BCUT2D eigenvalue weighted by Gasteiger charge is 2.24. The molecule has 0 unspecified atom stereocenters. The van der Waals surface area contributed by atoms with Gasteiger partial charge in [0.25, 0.3) is 10.1 Å². The number of nitrogens with zero attached hydrogens (tertiary/aromatic N) is 4. The molecule has 0 bridgehead atoms. The molecule has 0 radical (unpaired) electrons.